The van der Waals surface area contributed by atoms with Crippen molar-refractivity contribution in [2.24, 2.45) is 0 Å². The molecule has 0 bridgehead atoms. The molecule has 0 N–H and O–H groups in total. The number of pyridine rings is 1. The van der Waals surface area contributed by atoms with E-state index in [1.165, 1.54) is 12.1 Å². The van der Waals surface area contributed by atoms with Crippen LogP contribution >= 0.6 is 11.8 Å². The Hall–Kier alpha value is -1.49. The van der Waals surface area contributed by atoms with E-state index in [2.05, 4.69) is 4.98 Å². The Morgan fingerprint density at radius 2 is 1.75 bits per heavy atom. The highest BCUT2D eigenvalue weighted by Crippen LogP contribution is 2.29. The van der Waals surface area contributed by atoms with Gasteiger partial charge in [-0.05, 0) is 42.0 Å². The third kappa shape index (κ3) is 4.56. The van der Waals surface area contributed by atoms with Crippen LogP contribution in [0.3, 0.4) is 0 Å². The van der Waals surface area contributed by atoms with E-state index in [9.17, 15) is 13.2 Å². The van der Waals surface area contributed by atoms with Gasteiger partial charge in [-0.1, -0.05) is 18.2 Å². The Balaban J connectivity index is 1.77. The highest BCUT2D eigenvalue weighted by Gasteiger charge is 2.29. The SMILES string of the molecule is FC(F)(F)c1ccc(CSCCc2ccccn2)cc1. The number of aromatic nitrogens is 1. The average Bonchev–Trinajstić information content (AvgIpc) is 2.44. The van der Waals surface area contributed by atoms with Crippen molar-refractivity contribution < 1.29 is 13.2 Å². The van der Waals surface area contributed by atoms with Crippen LogP contribution in [0.2, 0.25) is 0 Å². The van der Waals surface area contributed by atoms with Crippen LogP contribution in [0.4, 0.5) is 13.2 Å². The summed E-state index contributed by atoms with van der Waals surface area (Å²) in [7, 11) is 0. The number of hydrogen-bond donors (Lipinski definition) is 0. The van der Waals surface area contributed by atoms with Gasteiger partial charge >= 0.3 is 6.18 Å². The number of thioether (sulfide) groups is 1. The third-order valence-electron chi connectivity index (χ3n) is 2.78. The lowest BCUT2D eigenvalue weighted by Crippen LogP contribution is -2.04. The quantitative estimate of drug-likeness (QED) is 0.749. The van der Waals surface area contributed by atoms with E-state index in [-0.39, 0.29) is 0 Å². The van der Waals surface area contributed by atoms with E-state index < -0.39 is 11.7 Å². The molecule has 0 aliphatic rings. The summed E-state index contributed by atoms with van der Waals surface area (Å²) in [6.45, 7) is 0. The van der Waals surface area contributed by atoms with Gasteiger partial charge in [-0.25, -0.2) is 0 Å². The number of rotatable bonds is 5. The highest BCUT2D eigenvalue weighted by atomic mass is 32.2. The molecular formula is C15H14F3NS. The molecule has 0 aliphatic carbocycles. The molecule has 0 aliphatic heterocycles. The van der Waals surface area contributed by atoms with Crippen LogP contribution in [-0.4, -0.2) is 10.7 Å². The maximum atomic E-state index is 12.4. The minimum absolute atomic E-state index is 0.597. The molecule has 2 aromatic rings. The summed E-state index contributed by atoms with van der Waals surface area (Å²) in [6.07, 6.45) is -1.63. The number of halogens is 3. The number of hydrogen-bond acceptors (Lipinski definition) is 2. The van der Waals surface area contributed by atoms with Crippen molar-refractivity contribution in [3.05, 3.63) is 65.5 Å². The van der Waals surface area contributed by atoms with Gasteiger partial charge in [-0.2, -0.15) is 24.9 Å². The summed E-state index contributed by atoms with van der Waals surface area (Å²) in [4.78, 5) is 4.22. The molecule has 1 aromatic heterocycles. The van der Waals surface area contributed by atoms with Gasteiger partial charge in [0.25, 0.3) is 0 Å². The molecule has 5 heteroatoms. The molecule has 0 radical (unpaired) electrons. The van der Waals surface area contributed by atoms with E-state index in [0.29, 0.717) is 5.75 Å². The van der Waals surface area contributed by atoms with Crippen LogP contribution in [0.1, 0.15) is 16.8 Å². The summed E-state index contributed by atoms with van der Waals surface area (Å²) < 4.78 is 37.2. The topological polar surface area (TPSA) is 12.9 Å². The van der Waals surface area contributed by atoms with Gasteiger partial charge in [0.05, 0.1) is 5.56 Å². The van der Waals surface area contributed by atoms with Crippen LogP contribution < -0.4 is 0 Å². The lowest BCUT2D eigenvalue weighted by Gasteiger charge is -2.07. The molecule has 0 saturated heterocycles. The first-order valence-electron chi connectivity index (χ1n) is 6.19. The zero-order valence-electron chi connectivity index (χ0n) is 10.7. The first-order valence-corrected chi connectivity index (χ1v) is 7.35. The van der Waals surface area contributed by atoms with Crippen molar-refractivity contribution >= 4 is 11.8 Å². The largest absolute Gasteiger partial charge is 0.416 e. The second-order valence-corrected chi connectivity index (χ2v) is 5.42. The molecule has 0 unspecified atom stereocenters. The van der Waals surface area contributed by atoms with Crippen molar-refractivity contribution in [3.8, 4) is 0 Å². The van der Waals surface area contributed by atoms with Gasteiger partial charge in [0.2, 0.25) is 0 Å². The van der Waals surface area contributed by atoms with Gasteiger partial charge in [0.1, 0.15) is 0 Å². The van der Waals surface area contributed by atoms with Crippen molar-refractivity contribution in [1.82, 2.24) is 4.98 Å². The monoisotopic (exact) mass is 297 g/mol. The molecule has 2 rings (SSSR count). The zero-order valence-corrected chi connectivity index (χ0v) is 11.5. The van der Waals surface area contributed by atoms with Crippen molar-refractivity contribution in [1.29, 1.82) is 0 Å². The second-order valence-electron chi connectivity index (χ2n) is 4.32. The van der Waals surface area contributed by atoms with Crippen molar-refractivity contribution in [2.75, 3.05) is 5.75 Å². The van der Waals surface area contributed by atoms with Gasteiger partial charge in [-0.3, -0.25) is 4.98 Å². The zero-order chi connectivity index (χ0) is 14.4. The van der Waals surface area contributed by atoms with Crippen LogP contribution in [0.15, 0.2) is 48.7 Å². The highest BCUT2D eigenvalue weighted by molar-refractivity contribution is 7.98. The molecule has 20 heavy (non-hydrogen) atoms. The maximum absolute atomic E-state index is 12.4. The van der Waals surface area contributed by atoms with Crippen LogP contribution in [0, 0.1) is 0 Å². The summed E-state index contributed by atoms with van der Waals surface area (Å²) in [5.74, 6) is 1.61. The number of aryl methyl sites for hydroxylation is 1. The molecule has 1 nitrogen and oxygen atoms in total. The Bertz CT molecular complexity index is 523. The fourth-order valence-corrected chi connectivity index (χ4v) is 2.63. The number of benzene rings is 1. The Morgan fingerprint density at radius 1 is 1.00 bits per heavy atom. The normalized spacial score (nSPS) is 11.6. The van der Waals surface area contributed by atoms with Crippen LogP contribution in [0.5, 0.6) is 0 Å². The van der Waals surface area contributed by atoms with E-state index in [1.807, 2.05) is 18.2 Å². The second kappa shape index (κ2) is 6.79. The molecule has 106 valence electrons. The van der Waals surface area contributed by atoms with Crippen molar-refractivity contribution in [3.63, 3.8) is 0 Å². The smallest absolute Gasteiger partial charge is 0.261 e. The van der Waals surface area contributed by atoms with Gasteiger partial charge in [0.15, 0.2) is 0 Å². The van der Waals surface area contributed by atoms with Gasteiger partial charge in [-0.15, -0.1) is 0 Å². The van der Waals surface area contributed by atoms with E-state index >= 15 is 0 Å². The molecule has 0 fully saturated rings. The summed E-state index contributed by atoms with van der Waals surface area (Å²) in [5, 5.41) is 0. The third-order valence-corrected chi connectivity index (χ3v) is 3.81. The molecule has 0 spiro atoms. The van der Waals surface area contributed by atoms with Crippen LogP contribution in [-0.2, 0) is 18.3 Å². The molecule has 1 aromatic carbocycles. The van der Waals surface area contributed by atoms with E-state index in [4.69, 9.17) is 0 Å². The molecule has 0 atom stereocenters. The van der Waals surface area contributed by atoms with Crippen molar-refractivity contribution in [2.45, 2.75) is 18.3 Å². The Labute approximate surface area is 120 Å². The minimum Gasteiger partial charge on any atom is -0.261 e. The predicted octanol–water partition coefficient (Wildman–Crippen LogP) is 4.58. The number of nitrogens with zero attached hydrogens (tertiary/aromatic N) is 1. The fraction of sp³-hybridized carbons (Fsp3) is 0.267. The Morgan fingerprint density at radius 3 is 2.35 bits per heavy atom. The molecule has 0 saturated carbocycles. The Kier molecular flexibility index (Phi) is 5.06. The van der Waals surface area contributed by atoms with Gasteiger partial charge in [0, 0.05) is 17.6 Å². The summed E-state index contributed by atoms with van der Waals surface area (Å²) >= 11 is 1.69. The molecule has 1 heterocycles. The number of alkyl halides is 3. The fourth-order valence-electron chi connectivity index (χ4n) is 1.70. The van der Waals surface area contributed by atoms with Crippen LogP contribution in [0.25, 0.3) is 0 Å². The first kappa shape index (κ1) is 14.9. The lowest BCUT2D eigenvalue weighted by molar-refractivity contribution is -0.137. The molecular weight excluding hydrogens is 283 g/mol. The standard InChI is InChI=1S/C15H14F3NS/c16-15(17,18)13-6-4-12(5-7-13)11-20-10-8-14-3-1-2-9-19-14/h1-7,9H,8,10-11H2. The minimum atomic E-state index is -4.26. The van der Waals surface area contributed by atoms with E-state index in [1.54, 1.807) is 18.0 Å². The average molecular weight is 297 g/mol. The first-order chi connectivity index (χ1) is 9.55. The molecule has 0 amide bonds. The van der Waals surface area contributed by atoms with Gasteiger partial charge < -0.3 is 0 Å². The summed E-state index contributed by atoms with van der Waals surface area (Å²) in [5.41, 5.74) is 1.34. The summed E-state index contributed by atoms with van der Waals surface area (Å²) in [6, 6.07) is 11.1. The maximum Gasteiger partial charge on any atom is 0.416 e. The predicted molar refractivity (Wildman–Crippen MR) is 75.5 cm³/mol. The van der Waals surface area contributed by atoms with E-state index in [0.717, 1.165) is 35.6 Å². The lowest BCUT2D eigenvalue weighted by atomic mass is 10.1.